The van der Waals surface area contributed by atoms with Gasteiger partial charge in [-0.25, -0.2) is 0 Å². The Bertz CT molecular complexity index is 737. The van der Waals surface area contributed by atoms with Gasteiger partial charge in [-0.2, -0.15) is 0 Å². The molecule has 0 saturated carbocycles. The van der Waals surface area contributed by atoms with E-state index >= 15 is 0 Å². The summed E-state index contributed by atoms with van der Waals surface area (Å²) in [6.07, 6.45) is 2.73. The Labute approximate surface area is 116 Å². The smallest absolute Gasteiger partial charge is 0.160 e. The van der Waals surface area contributed by atoms with Crippen LogP contribution in [0, 0.1) is 0 Å². The molecule has 0 amide bonds. The van der Waals surface area contributed by atoms with Crippen molar-refractivity contribution in [2.45, 2.75) is 6.42 Å². The van der Waals surface area contributed by atoms with Crippen LogP contribution in [0.5, 0.6) is 5.75 Å². The van der Waals surface area contributed by atoms with E-state index in [0.29, 0.717) is 17.9 Å². The maximum absolute atomic E-state index is 9.90. The van der Waals surface area contributed by atoms with Gasteiger partial charge < -0.3 is 14.8 Å². The van der Waals surface area contributed by atoms with Crippen LogP contribution in [0.3, 0.4) is 0 Å². The zero-order chi connectivity index (χ0) is 13.9. The summed E-state index contributed by atoms with van der Waals surface area (Å²) in [5, 5.41) is 19.2. The van der Waals surface area contributed by atoms with Crippen LogP contribution in [-0.4, -0.2) is 34.0 Å². The molecule has 2 heterocycles. The molecule has 2 aromatic heterocycles. The van der Waals surface area contributed by atoms with Crippen molar-refractivity contribution in [1.82, 2.24) is 15.2 Å². The first-order valence-electron chi connectivity index (χ1n) is 6.40. The van der Waals surface area contributed by atoms with Gasteiger partial charge in [0.1, 0.15) is 5.75 Å². The summed E-state index contributed by atoms with van der Waals surface area (Å²) >= 11 is 0. The fourth-order valence-corrected chi connectivity index (χ4v) is 2.22. The zero-order valence-electron chi connectivity index (χ0n) is 11.1. The number of phenols is 1. The van der Waals surface area contributed by atoms with Gasteiger partial charge in [-0.05, 0) is 30.2 Å². The number of phenolic OH excluding ortho intramolecular Hbond substituents is 1. The Morgan fingerprint density at radius 3 is 2.90 bits per heavy atom. The fourth-order valence-electron chi connectivity index (χ4n) is 2.22. The average molecular weight is 269 g/mol. The van der Waals surface area contributed by atoms with E-state index in [2.05, 4.69) is 15.2 Å². The molecule has 3 aromatic rings. The molecule has 0 aliphatic rings. The molecular weight excluding hydrogens is 254 g/mol. The van der Waals surface area contributed by atoms with Crippen LogP contribution in [0.4, 0.5) is 0 Å². The van der Waals surface area contributed by atoms with Gasteiger partial charge in [0.05, 0.1) is 12.3 Å². The van der Waals surface area contributed by atoms with Crippen molar-refractivity contribution < 1.29 is 9.84 Å². The lowest BCUT2D eigenvalue weighted by Gasteiger charge is -2.03. The summed E-state index contributed by atoms with van der Waals surface area (Å²) in [7, 11) is 1.68. The molecule has 0 atom stereocenters. The molecule has 0 spiro atoms. The number of aromatic hydroxyl groups is 1. The number of para-hydroxylation sites is 1. The highest BCUT2D eigenvalue weighted by Gasteiger charge is 2.10. The molecule has 5 nitrogen and oxygen atoms in total. The summed E-state index contributed by atoms with van der Waals surface area (Å²) < 4.78 is 5.11. The summed E-state index contributed by atoms with van der Waals surface area (Å²) in [5.74, 6) is 0.204. The SMILES string of the molecule is COCCc1c[nH]c2nnc(-c3ccccc3O)cc12. The molecule has 20 heavy (non-hydrogen) atoms. The van der Waals surface area contributed by atoms with Gasteiger partial charge in [-0.1, -0.05) is 12.1 Å². The predicted molar refractivity (Wildman–Crippen MR) is 76.6 cm³/mol. The highest BCUT2D eigenvalue weighted by molar-refractivity contribution is 5.83. The number of rotatable bonds is 4. The molecule has 0 aliphatic heterocycles. The summed E-state index contributed by atoms with van der Waals surface area (Å²) in [6, 6.07) is 9.06. The second-order valence-electron chi connectivity index (χ2n) is 4.57. The molecule has 2 N–H and O–H groups in total. The van der Waals surface area contributed by atoms with Crippen LogP contribution in [0.25, 0.3) is 22.3 Å². The number of hydrogen-bond donors (Lipinski definition) is 2. The van der Waals surface area contributed by atoms with Gasteiger partial charge in [0.15, 0.2) is 5.65 Å². The Balaban J connectivity index is 2.07. The number of H-pyrrole nitrogens is 1. The van der Waals surface area contributed by atoms with Crippen molar-refractivity contribution >= 4 is 11.0 Å². The maximum atomic E-state index is 9.90. The van der Waals surface area contributed by atoms with Crippen molar-refractivity contribution in [3.63, 3.8) is 0 Å². The minimum Gasteiger partial charge on any atom is -0.507 e. The Morgan fingerprint density at radius 2 is 2.10 bits per heavy atom. The normalized spacial score (nSPS) is 11.1. The summed E-state index contributed by atoms with van der Waals surface area (Å²) in [5.41, 5.74) is 3.22. The molecule has 102 valence electrons. The van der Waals surface area contributed by atoms with Gasteiger partial charge >= 0.3 is 0 Å². The highest BCUT2D eigenvalue weighted by atomic mass is 16.5. The maximum Gasteiger partial charge on any atom is 0.160 e. The quantitative estimate of drug-likeness (QED) is 0.763. The van der Waals surface area contributed by atoms with Crippen LogP contribution in [0.1, 0.15) is 5.56 Å². The molecule has 1 aromatic carbocycles. The van der Waals surface area contributed by atoms with E-state index in [1.807, 2.05) is 24.4 Å². The molecule has 0 saturated heterocycles. The van der Waals surface area contributed by atoms with E-state index in [1.54, 1.807) is 19.2 Å². The van der Waals surface area contributed by atoms with Crippen molar-refractivity contribution in [2.75, 3.05) is 13.7 Å². The van der Waals surface area contributed by atoms with E-state index in [4.69, 9.17) is 4.74 Å². The van der Waals surface area contributed by atoms with E-state index in [-0.39, 0.29) is 5.75 Å². The number of fused-ring (bicyclic) bond motifs is 1. The number of benzene rings is 1. The first-order valence-corrected chi connectivity index (χ1v) is 6.40. The molecule has 0 radical (unpaired) electrons. The van der Waals surface area contributed by atoms with Gasteiger partial charge in [0.2, 0.25) is 0 Å². The van der Waals surface area contributed by atoms with Crippen molar-refractivity contribution in [3.05, 3.63) is 42.1 Å². The van der Waals surface area contributed by atoms with Crippen molar-refractivity contribution in [2.24, 2.45) is 0 Å². The third-order valence-electron chi connectivity index (χ3n) is 3.28. The van der Waals surface area contributed by atoms with E-state index < -0.39 is 0 Å². The van der Waals surface area contributed by atoms with Gasteiger partial charge in [0.25, 0.3) is 0 Å². The van der Waals surface area contributed by atoms with Gasteiger partial charge in [-0.3, -0.25) is 0 Å². The predicted octanol–water partition coefficient (Wildman–Crippen LogP) is 2.52. The van der Waals surface area contributed by atoms with Crippen LogP contribution in [-0.2, 0) is 11.2 Å². The number of nitrogens with zero attached hydrogens (tertiary/aromatic N) is 2. The third kappa shape index (κ3) is 2.23. The molecule has 5 heteroatoms. The Hall–Kier alpha value is -2.40. The lowest BCUT2D eigenvalue weighted by molar-refractivity contribution is 0.202. The molecule has 0 fully saturated rings. The minimum absolute atomic E-state index is 0.204. The van der Waals surface area contributed by atoms with Crippen LogP contribution >= 0.6 is 0 Å². The number of nitrogens with one attached hydrogen (secondary N) is 1. The zero-order valence-corrected chi connectivity index (χ0v) is 11.1. The standard InChI is InChI=1S/C15H15N3O2/c1-20-7-6-10-9-16-15-12(10)8-13(17-18-15)11-4-2-3-5-14(11)19/h2-5,8-9,19H,6-7H2,1H3,(H,16,18). The summed E-state index contributed by atoms with van der Waals surface area (Å²) in [4.78, 5) is 3.10. The minimum atomic E-state index is 0.204. The molecule has 0 bridgehead atoms. The van der Waals surface area contributed by atoms with Crippen LogP contribution in [0.15, 0.2) is 36.5 Å². The van der Waals surface area contributed by atoms with Gasteiger partial charge in [-0.15, -0.1) is 10.2 Å². The highest BCUT2D eigenvalue weighted by Crippen LogP contribution is 2.29. The molecular formula is C15H15N3O2. The second-order valence-corrected chi connectivity index (χ2v) is 4.57. The molecule has 0 unspecified atom stereocenters. The van der Waals surface area contributed by atoms with E-state index in [1.165, 1.54) is 0 Å². The molecule has 0 aliphatic carbocycles. The van der Waals surface area contributed by atoms with Crippen molar-refractivity contribution in [3.8, 4) is 17.0 Å². The topological polar surface area (TPSA) is 71.0 Å². The first-order chi connectivity index (χ1) is 9.79. The number of ether oxygens (including phenoxy) is 1. The lowest BCUT2D eigenvalue weighted by atomic mass is 10.1. The van der Waals surface area contributed by atoms with E-state index in [9.17, 15) is 5.11 Å². The van der Waals surface area contributed by atoms with E-state index in [0.717, 1.165) is 23.0 Å². The monoisotopic (exact) mass is 269 g/mol. The number of aromatic amines is 1. The lowest BCUT2D eigenvalue weighted by Crippen LogP contribution is -1.94. The first kappa shape index (κ1) is 12.6. The van der Waals surface area contributed by atoms with Gasteiger partial charge in [0, 0.05) is 24.3 Å². The average Bonchev–Trinajstić information content (AvgIpc) is 2.88. The fraction of sp³-hybridized carbons (Fsp3) is 0.200. The number of methoxy groups -OCH3 is 1. The van der Waals surface area contributed by atoms with Crippen LogP contribution in [0.2, 0.25) is 0 Å². The largest absolute Gasteiger partial charge is 0.507 e. The Kier molecular flexibility index (Phi) is 3.35. The second kappa shape index (κ2) is 5.30. The van der Waals surface area contributed by atoms with Crippen LogP contribution < -0.4 is 0 Å². The molecule has 3 rings (SSSR count). The third-order valence-corrected chi connectivity index (χ3v) is 3.28. The number of hydrogen-bond acceptors (Lipinski definition) is 4. The summed E-state index contributed by atoms with van der Waals surface area (Å²) in [6.45, 7) is 0.654. The van der Waals surface area contributed by atoms with Crippen molar-refractivity contribution in [1.29, 1.82) is 0 Å². The number of aromatic nitrogens is 3. The Morgan fingerprint density at radius 1 is 1.25 bits per heavy atom.